The van der Waals surface area contributed by atoms with Crippen LogP contribution >= 0.6 is 0 Å². The van der Waals surface area contributed by atoms with Crippen LogP contribution in [-0.2, 0) is 9.47 Å². The smallest absolute Gasteiger partial charge is 0.410 e. The van der Waals surface area contributed by atoms with Crippen molar-refractivity contribution in [2.75, 3.05) is 25.5 Å². The number of anilines is 1. The molecule has 3 aromatic rings. The highest BCUT2D eigenvalue weighted by atomic mass is 16.6. The fourth-order valence-corrected chi connectivity index (χ4v) is 4.51. The quantitative estimate of drug-likeness (QED) is 0.409. The van der Waals surface area contributed by atoms with Crippen LogP contribution in [0.1, 0.15) is 67.4 Å². The first-order chi connectivity index (χ1) is 18.0. The maximum Gasteiger partial charge on any atom is 0.410 e. The molecule has 1 atom stereocenters. The number of carbonyl (C=O) groups is 2. The first-order valence-electron chi connectivity index (χ1n) is 12.7. The lowest BCUT2D eigenvalue weighted by Gasteiger charge is -2.29. The number of esters is 1. The maximum atomic E-state index is 13.2. The molecule has 1 N–H and O–H groups in total. The van der Waals surface area contributed by atoms with Gasteiger partial charge < -0.3 is 24.1 Å². The van der Waals surface area contributed by atoms with E-state index >= 15 is 0 Å². The summed E-state index contributed by atoms with van der Waals surface area (Å²) in [6, 6.07) is 12.2. The zero-order chi connectivity index (χ0) is 27.6. The predicted molar refractivity (Wildman–Crippen MR) is 147 cm³/mol. The first-order valence-corrected chi connectivity index (χ1v) is 12.7. The molecule has 2 heterocycles. The van der Waals surface area contributed by atoms with Gasteiger partial charge in [-0.3, -0.25) is 4.79 Å². The Labute approximate surface area is 222 Å². The van der Waals surface area contributed by atoms with Gasteiger partial charge in [0.25, 0.3) is 0 Å². The van der Waals surface area contributed by atoms with Crippen LogP contribution in [0.4, 0.5) is 10.5 Å². The van der Waals surface area contributed by atoms with Gasteiger partial charge in [0.05, 0.1) is 24.1 Å². The van der Waals surface area contributed by atoms with Crippen LogP contribution in [0, 0.1) is 6.92 Å². The fraction of sp³-hybridized carbons (Fsp3) is 0.367. The Morgan fingerprint density at radius 1 is 1.13 bits per heavy atom. The average Bonchev–Trinajstić information content (AvgIpc) is 2.87. The van der Waals surface area contributed by atoms with Gasteiger partial charge >= 0.3 is 12.1 Å². The first kappa shape index (κ1) is 27.0. The van der Waals surface area contributed by atoms with Gasteiger partial charge in [-0.2, -0.15) is 0 Å². The third-order valence-corrected chi connectivity index (χ3v) is 6.35. The molecule has 0 saturated heterocycles. The van der Waals surface area contributed by atoms with Crippen LogP contribution in [-0.4, -0.2) is 42.8 Å². The highest BCUT2D eigenvalue weighted by Gasteiger charge is 2.25. The van der Waals surface area contributed by atoms with E-state index in [4.69, 9.17) is 13.9 Å². The Morgan fingerprint density at radius 3 is 2.53 bits per heavy atom. The number of methoxy groups -OCH3 is 1. The van der Waals surface area contributed by atoms with E-state index < -0.39 is 11.6 Å². The topological polar surface area (TPSA) is 98.1 Å². The molecular weight excluding hydrogens is 484 g/mol. The molecule has 8 nitrogen and oxygen atoms in total. The van der Waals surface area contributed by atoms with E-state index in [1.807, 2.05) is 65.0 Å². The van der Waals surface area contributed by atoms with Crippen LogP contribution in [0.2, 0.25) is 0 Å². The number of fused-ring (bicyclic) bond motifs is 1. The molecule has 1 aromatic heterocycles. The number of carbonyl (C=O) groups excluding carboxylic acids is 2. The summed E-state index contributed by atoms with van der Waals surface area (Å²) in [4.78, 5) is 39.5. The van der Waals surface area contributed by atoms with E-state index in [9.17, 15) is 14.4 Å². The second kappa shape index (κ2) is 10.7. The van der Waals surface area contributed by atoms with Crippen LogP contribution in [0.5, 0.6) is 0 Å². The highest BCUT2D eigenvalue weighted by molar-refractivity contribution is 5.95. The van der Waals surface area contributed by atoms with Gasteiger partial charge in [-0.05, 0) is 70.4 Å². The van der Waals surface area contributed by atoms with Crippen LogP contribution in [0.25, 0.3) is 16.5 Å². The summed E-state index contributed by atoms with van der Waals surface area (Å²) in [5.74, 6) is 0.0477. The number of ether oxygens (including phenoxy) is 2. The number of hydrogen-bond acceptors (Lipinski definition) is 7. The Kier molecular flexibility index (Phi) is 7.62. The van der Waals surface area contributed by atoms with E-state index in [2.05, 4.69) is 5.32 Å². The number of rotatable bonds is 5. The fourth-order valence-electron chi connectivity index (χ4n) is 4.51. The third-order valence-electron chi connectivity index (χ3n) is 6.35. The molecule has 0 fully saturated rings. The second-order valence-corrected chi connectivity index (χ2v) is 10.5. The Hall–Kier alpha value is -4.07. The zero-order valence-corrected chi connectivity index (χ0v) is 22.7. The van der Waals surface area contributed by atoms with Crippen molar-refractivity contribution in [1.82, 2.24) is 4.90 Å². The molecule has 0 spiro atoms. The summed E-state index contributed by atoms with van der Waals surface area (Å²) in [5, 5.41) is 3.87. The minimum atomic E-state index is -0.567. The highest BCUT2D eigenvalue weighted by Crippen LogP contribution is 2.32. The van der Waals surface area contributed by atoms with Gasteiger partial charge in [0.15, 0.2) is 5.43 Å². The molecule has 8 heteroatoms. The van der Waals surface area contributed by atoms with Crippen molar-refractivity contribution >= 4 is 34.3 Å². The molecule has 0 saturated carbocycles. The summed E-state index contributed by atoms with van der Waals surface area (Å²) in [5.41, 5.74) is 3.42. The maximum absolute atomic E-state index is 13.2. The molecule has 1 amide bonds. The van der Waals surface area contributed by atoms with Gasteiger partial charge in [-0.25, -0.2) is 9.59 Å². The Bertz CT molecular complexity index is 1460. The van der Waals surface area contributed by atoms with E-state index in [-0.39, 0.29) is 17.6 Å². The molecule has 2 aromatic carbocycles. The normalized spacial score (nSPS) is 14.6. The van der Waals surface area contributed by atoms with Crippen molar-refractivity contribution < 1.29 is 23.5 Å². The van der Waals surface area contributed by atoms with Gasteiger partial charge in [0.1, 0.15) is 16.9 Å². The molecule has 0 radical (unpaired) electrons. The SMILES string of the molecule is COC(=O)c1ccccc1NC(C)c1cc(C)cc2c(=O)cc(C3=CCN(C(=O)OC(C)(C)C)CC3)oc12. The third kappa shape index (κ3) is 5.90. The van der Waals surface area contributed by atoms with Crippen molar-refractivity contribution in [1.29, 1.82) is 0 Å². The molecule has 1 aliphatic rings. The van der Waals surface area contributed by atoms with Crippen molar-refractivity contribution in [3.05, 3.63) is 81.2 Å². The van der Waals surface area contributed by atoms with Crippen LogP contribution in [0.3, 0.4) is 0 Å². The van der Waals surface area contributed by atoms with Gasteiger partial charge in [0.2, 0.25) is 0 Å². The molecule has 0 aliphatic carbocycles. The van der Waals surface area contributed by atoms with Crippen molar-refractivity contribution in [3.63, 3.8) is 0 Å². The Balaban J connectivity index is 1.67. The molecular formula is C30H34N2O6. The lowest BCUT2D eigenvalue weighted by atomic mass is 9.99. The van der Waals surface area contributed by atoms with E-state index in [1.54, 1.807) is 17.0 Å². The molecule has 1 aliphatic heterocycles. The monoisotopic (exact) mass is 518 g/mol. The number of benzene rings is 2. The number of para-hydroxylation sites is 1. The van der Waals surface area contributed by atoms with Gasteiger partial charge in [-0.1, -0.05) is 24.3 Å². The molecule has 4 rings (SSSR count). The summed E-state index contributed by atoms with van der Waals surface area (Å²) in [7, 11) is 1.35. The zero-order valence-electron chi connectivity index (χ0n) is 22.7. The molecule has 0 bridgehead atoms. The lowest BCUT2D eigenvalue weighted by Crippen LogP contribution is -2.39. The largest absolute Gasteiger partial charge is 0.465 e. The number of aryl methyl sites for hydroxylation is 1. The lowest BCUT2D eigenvalue weighted by molar-refractivity contribution is 0.0270. The van der Waals surface area contributed by atoms with Crippen LogP contribution in [0.15, 0.2) is 57.8 Å². The number of amides is 1. The predicted octanol–water partition coefficient (Wildman–Crippen LogP) is 6.09. The van der Waals surface area contributed by atoms with Crippen LogP contribution < -0.4 is 10.7 Å². The minimum Gasteiger partial charge on any atom is -0.465 e. The number of hydrogen-bond donors (Lipinski definition) is 1. The molecule has 200 valence electrons. The molecule has 1 unspecified atom stereocenters. The minimum absolute atomic E-state index is 0.135. The second-order valence-electron chi connectivity index (χ2n) is 10.5. The van der Waals surface area contributed by atoms with Gasteiger partial charge in [0, 0.05) is 30.4 Å². The summed E-state index contributed by atoms with van der Waals surface area (Å²) in [6.07, 6.45) is 2.08. The summed E-state index contributed by atoms with van der Waals surface area (Å²) < 4.78 is 16.8. The Morgan fingerprint density at radius 2 is 1.87 bits per heavy atom. The van der Waals surface area contributed by atoms with Crippen molar-refractivity contribution in [2.45, 2.75) is 52.7 Å². The van der Waals surface area contributed by atoms with E-state index in [1.165, 1.54) is 13.2 Å². The summed E-state index contributed by atoms with van der Waals surface area (Å²) >= 11 is 0. The number of nitrogens with one attached hydrogen (secondary N) is 1. The van der Waals surface area contributed by atoms with E-state index in [0.717, 1.165) is 16.7 Å². The standard InChI is InChI=1S/C30H34N2O6/c1-18-15-22(19(2)31-24-10-8-7-9-21(24)28(34)36-6)27-23(16-18)25(33)17-26(37-27)20-11-13-32(14-12-20)29(35)38-30(3,4)5/h7-11,15-17,19,31H,12-14H2,1-6H3. The van der Waals surface area contributed by atoms with Crippen molar-refractivity contribution in [3.8, 4) is 0 Å². The van der Waals surface area contributed by atoms with Crippen molar-refractivity contribution in [2.24, 2.45) is 0 Å². The number of nitrogens with zero attached hydrogens (tertiary/aromatic N) is 1. The molecule has 38 heavy (non-hydrogen) atoms. The van der Waals surface area contributed by atoms with E-state index in [0.29, 0.717) is 47.5 Å². The average molecular weight is 519 g/mol. The van der Waals surface area contributed by atoms with Gasteiger partial charge in [-0.15, -0.1) is 0 Å². The summed E-state index contributed by atoms with van der Waals surface area (Å²) in [6.45, 7) is 10.2.